The molecule has 1 nitrogen and oxygen atoms in total. The highest BCUT2D eigenvalue weighted by Gasteiger charge is 2.25. The molecule has 1 aliphatic rings. The molecule has 2 atom stereocenters. The first-order valence-corrected chi connectivity index (χ1v) is 6.11. The van der Waals surface area contributed by atoms with Crippen molar-refractivity contribution in [2.24, 2.45) is 0 Å². The second-order valence-electron chi connectivity index (χ2n) is 3.74. The number of hydrogen-bond acceptors (Lipinski definition) is 2. The second-order valence-corrected chi connectivity index (χ2v) is 5.23. The molecular formula is C12H16OS. The van der Waals surface area contributed by atoms with E-state index in [0.717, 1.165) is 16.9 Å². The number of methoxy groups -OCH3 is 1. The van der Waals surface area contributed by atoms with Crippen molar-refractivity contribution >= 4 is 11.8 Å². The van der Waals surface area contributed by atoms with Crippen molar-refractivity contribution in [3.8, 4) is 5.75 Å². The molecule has 1 fully saturated rings. The van der Waals surface area contributed by atoms with Gasteiger partial charge in [-0.3, -0.25) is 0 Å². The molecule has 1 aromatic carbocycles. The summed E-state index contributed by atoms with van der Waals surface area (Å²) in [5, 5.41) is 0.767. The molecular weight excluding hydrogens is 192 g/mol. The third-order valence-corrected chi connectivity index (χ3v) is 4.25. The lowest BCUT2D eigenvalue weighted by molar-refractivity contribution is 0.414. The number of thioether (sulfide) groups is 1. The van der Waals surface area contributed by atoms with Crippen molar-refractivity contribution in [3.05, 3.63) is 29.8 Å². The quantitative estimate of drug-likeness (QED) is 0.737. The molecule has 2 heteroatoms. The summed E-state index contributed by atoms with van der Waals surface area (Å²) in [7, 11) is 1.71. The summed E-state index contributed by atoms with van der Waals surface area (Å²) < 4.78 is 5.15. The van der Waals surface area contributed by atoms with Crippen LogP contribution in [0.2, 0.25) is 0 Å². The fourth-order valence-corrected chi connectivity index (χ4v) is 3.31. The van der Waals surface area contributed by atoms with Crippen molar-refractivity contribution in [1.29, 1.82) is 0 Å². The Labute approximate surface area is 89.9 Å². The first kappa shape index (κ1) is 9.91. The maximum absolute atomic E-state index is 5.15. The summed E-state index contributed by atoms with van der Waals surface area (Å²) in [4.78, 5) is 0. The van der Waals surface area contributed by atoms with Gasteiger partial charge in [-0.2, -0.15) is 11.8 Å². The van der Waals surface area contributed by atoms with Crippen LogP contribution in [0, 0.1) is 0 Å². The van der Waals surface area contributed by atoms with Crippen molar-refractivity contribution in [2.45, 2.75) is 24.5 Å². The monoisotopic (exact) mass is 208 g/mol. The van der Waals surface area contributed by atoms with Crippen LogP contribution < -0.4 is 4.74 Å². The lowest BCUT2D eigenvalue weighted by atomic mass is 9.94. The van der Waals surface area contributed by atoms with E-state index in [1.54, 1.807) is 7.11 Å². The standard InChI is InChI=1S/C12H16OS/c1-9-12(7-8-14-9)10-3-5-11(13-2)6-4-10/h3-6,9,12H,7-8H2,1-2H3/t9-,12?/m0/s1. The molecule has 76 valence electrons. The zero-order valence-electron chi connectivity index (χ0n) is 8.69. The average molecular weight is 208 g/mol. The Morgan fingerprint density at radius 1 is 1.29 bits per heavy atom. The van der Waals surface area contributed by atoms with Crippen LogP contribution in [0.5, 0.6) is 5.75 Å². The van der Waals surface area contributed by atoms with Crippen molar-refractivity contribution in [1.82, 2.24) is 0 Å². The van der Waals surface area contributed by atoms with Crippen LogP contribution in [0.1, 0.15) is 24.8 Å². The van der Waals surface area contributed by atoms with E-state index in [1.165, 1.54) is 17.7 Å². The van der Waals surface area contributed by atoms with Gasteiger partial charge in [0.05, 0.1) is 7.11 Å². The highest BCUT2D eigenvalue weighted by atomic mass is 32.2. The van der Waals surface area contributed by atoms with Crippen LogP contribution in [-0.2, 0) is 0 Å². The van der Waals surface area contributed by atoms with E-state index in [0.29, 0.717) is 0 Å². The summed E-state index contributed by atoms with van der Waals surface area (Å²) in [5.74, 6) is 3.00. The highest BCUT2D eigenvalue weighted by molar-refractivity contribution is 8.00. The SMILES string of the molecule is COc1ccc(C2CCS[C@H]2C)cc1. The van der Waals surface area contributed by atoms with Crippen LogP contribution in [0.15, 0.2) is 24.3 Å². The zero-order valence-corrected chi connectivity index (χ0v) is 9.51. The second kappa shape index (κ2) is 4.26. The molecule has 2 rings (SSSR count). The smallest absolute Gasteiger partial charge is 0.118 e. The Morgan fingerprint density at radius 2 is 2.00 bits per heavy atom. The Kier molecular flexibility index (Phi) is 3.02. The van der Waals surface area contributed by atoms with Gasteiger partial charge in [0.2, 0.25) is 0 Å². The maximum atomic E-state index is 5.15. The van der Waals surface area contributed by atoms with Crippen molar-refractivity contribution < 1.29 is 4.74 Å². The molecule has 0 saturated carbocycles. The number of hydrogen-bond donors (Lipinski definition) is 0. The Morgan fingerprint density at radius 3 is 2.50 bits per heavy atom. The first-order valence-electron chi connectivity index (χ1n) is 5.07. The minimum absolute atomic E-state index is 0.742. The van der Waals surface area contributed by atoms with Gasteiger partial charge in [-0.15, -0.1) is 0 Å². The third-order valence-electron chi connectivity index (χ3n) is 2.92. The van der Waals surface area contributed by atoms with Crippen molar-refractivity contribution in [3.63, 3.8) is 0 Å². The van der Waals surface area contributed by atoms with Gasteiger partial charge >= 0.3 is 0 Å². The molecule has 1 heterocycles. The topological polar surface area (TPSA) is 9.23 Å². The summed E-state index contributed by atoms with van der Waals surface area (Å²) in [6.07, 6.45) is 1.32. The largest absolute Gasteiger partial charge is 0.497 e. The molecule has 0 N–H and O–H groups in total. The Hall–Kier alpha value is -0.630. The van der Waals surface area contributed by atoms with Crippen molar-refractivity contribution in [2.75, 3.05) is 12.9 Å². The molecule has 14 heavy (non-hydrogen) atoms. The van der Waals surface area contributed by atoms with Gasteiger partial charge in [0.25, 0.3) is 0 Å². The van der Waals surface area contributed by atoms with E-state index in [4.69, 9.17) is 4.74 Å². The molecule has 0 spiro atoms. The van der Waals surface area contributed by atoms with E-state index in [-0.39, 0.29) is 0 Å². The van der Waals surface area contributed by atoms with E-state index < -0.39 is 0 Å². The van der Waals surface area contributed by atoms with Gasteiger partial charge < -0.3 is 4.74 Å². The molecule has 0 aliphatic carbocycles. The molecule has 1 saturated heterocycles. The number of benzene rings is 1. The molecule has 0 bridgehead atoms. The third kappa shape index (κ3) is 1.90. The van der Waals surface area contributed by atoms with Gasteiger partial charge in [-0.1, -0.05) is 19.1 Å². The fraction of sp³-hybridized carbons (Fsp3) is 0.500. The van der Waals surface area contributed by atoms with Gasteiger partial charge in [-0.05, 0) is 35.8 Å². The summed E-state index contributed by atoms with van der Waals surface area (Å²) in [6.45, 7) is 2.33. The normalized spacial score (nSPS) is 26.4. The number of ether oxygens (including phenoxy) is 1. The molecule has 1 aliphatic heterocycles. The molecule has 0 radical (unpaired) electrons. The van der Waals surface area contributed by atoms with E-state index in [1.807, 2.05) is 0 Å². The minimum atomic E-state index is 0.742. The first-order chi connectivity index (χ1) is 6.81. The molecule has 0 amide bonds. The maximum Gasteiger partial charge on any atom is 0.118 e. The predicted octanol–water partition coefficient (Wildman–Crippen LogP) is 3.30. The van der Waals surface area contributed by atoms with Crippen LogP contribution in [0.25, 0.3) is 0 Å². The summed E-state index contributed by atoms with van der Waals surface area (Å²) in [5.41, 5.74) is 1.46. The highest BCUT2D eigenvalue weighted by Crippen LogP contribution is 2.39. The van der Waals surface area contributed by atoms with E-state index in [9.17, 15) is 0 Å². The van der Waals surface area contributed by atoms with Crippen LogP contribution in [-0.4, -0.2) is 18.1 Å². The molecule has 1 aromatic rings. The summed E-state index contributed by atoms with van der Waals surface area (Å²) >= 11 is 2.08. The van der Waals surface area contributed by atoms with Gasteiger partial charge in [-0.25, -0.2) is 0 Å². The fourth-order valence-electron chi connectivity index (χ4n) is 2.02. The summed E-state index contributed by atoms with van der Waals surface area (Å²) in [6, 6.07) is 8.52. The molecule has 1 unspecified atom stereocenters. The van der Waals surface area contributed by atoms with Crippen LogP contribution in [0.4, 0.5) is 0 Å². The van der Waals surface area contributed by atoms with Crippen LogP contribution >= 0.6 is 11.8 Å². The lowest BCUT2D eigenvalue weighted by Gasteiger charge is -2.14. The van der Waals surface area contributed by atoms with Gasteiger partial charge in [0.15, 0.2) is 0 Å². The predicted molar refractivity (Wildman–Crippen MR) is 62.3 cm³/mol. The number of rotatable bonds is 2. The molecule has 0 aromatic heterocycles. The minimum Gasteiger partial charge on any atom is -0.497 e. The zero-order chi connectivity index (χ0) is 9.97. The van der Waals surface area contributed by atoms with E-state index in [2.05, 4.69) is 43.0 Å². The van der Waals surface area contributed by atoms with Crippen LogP contribution in [0.3, 0.4) is 0 Å². The van der Waals surface area contributed by atoms with Gasteiger partial charge in [0, 0.05) is 5.25 Å². The lowest BCUT2D eigenvalue weighted by Crippen LogP contribution is -2.04. The van der Waals surface area contributed by atoms with E-state index >= 15 is 0 Å². The Bertz CT molecular complexity index is 294. The average Bonchev–Trinajstić information content (AvgIpc) is 2.65. The Balaban J connectivity index is 2.16. The van der Waals surface area contributed by atoms with Gasteiger partial charge in [0.1, 0.15) is 5.75 Å².